The highest BCUT2D eigenvalue weighted by Gasteiger charge is 2.19. The lowest BCUT2D eigenvalue weighted by atomic mass is 10.1. The van der Waals surface area contributed by atoms with Gasteiger partial charge < -0.3 is 15.5 Å². The number of amides is 1. The number of nitrogens with zero attached hydrogens (tertiary/aromatic N) is 1. The van der Waals surface area contributed by atoms with E-state index < -0.39 is 0 Å². The SMILES string of the molecule is CC(C)CNC(=O)c1coc(C(N)C(C)C)n1. The van der Waals surface area contributed by atoms with Gasteiger partial charge in [-0.1, -0.05) is 27.7 Å². The first-order valence-electron chi connectivity index (χ1n) is 5.91. The molecule has 1 atom stereocenters. The van der Waals surface area contributed by atoms with E-state index in [1.54, 1.807) is 0 Å². The lowest BCUT2D eigenvalue weighted by Gasteiger charge is -2.10. The van der Waals surface area contributed by atoms with Gasteiger partial charge in [-0.2, -0.15) is 0 Å². The van der Waals surface area contributed by atoms with E-state index in [0.717, 1.165) is 0 Å². The Morgan fingerprint density at radius 3 is 2.65 bits per heavy atom. The molecule has 0 aliphatic heterocycles. The zero-order chi connectivity index (χ0) is 13.0. The van der Waals surface area contributed by atoms with Crippen molar-refractivity contribution in [2.24, 2.45) is 17.6 Å². The highest BCUT2D eigenvalue weighted by atomic mass is 16.3. The van der Waals surface area contributed by atoms with Crippen LogP contribution in [-0.2, 0) is 0 Å². The minimum absolute atomic E-state index is 0.218. The molecule has 0 saturated carbocycles. The summed E-state index contributed by atoms with van der Waals surface area (Å²) in [6.07, 6.45) is 1.35. The molecule has 1 aromatic rings. The second kappa shape index (κ2) is 5.82. The van der Waals surface area contributed by atoms with Crippen LogP contribution in [-0.4, -0.2) is 17.4 Å². The van der Waals surface area contributed by atoms with E-state index in [4.69, 9.17) is 10.2 Å². The lowest BCUT2D eigenvalue weighted by Crippen LogP contribution is -2.27. The highest BCUT2D eigenvalue weighted by molar-refractivity contribution is 5.91. The molecule has 1 unspecified atom stereocenters. The summed E-state index contributed by atoms with van der Waals surface area (Å²) in [6.45, 7) is 8.64. The Kier molecular flexibility index (Phi) is 4.69. The number of carbonyl (C=O) groups is 1. The third-order valence-corrected chi connectivity index (χ3v) is 2.43. The van der Waals surface area contributed by atoms with Crippen LogP contribution in [0.2, 0.25) is 0 Å². The number of nitrogens with two attached hydrogens (primary N) is 1. The summed E-state index contributed by atoms with van der Waals surface area (Å²) < 4.78 is 5.22. The van der Waals surface area contributed by atoms with Crippen molar-refractivity contribution in [3.05, 3.63) is 17.8 Å². The van der Waals surface area contributed by atoms with Gasteiger partial charge in [0.15, 0.2) is 5.69 Å². The van der Waals surface area contributed by atoms with E-state index in [0.29, 0.717) is 18.4 Å². The maximum Gasteiger partial charge on any atom is 0.273 e. The van der Waals surface area contributed by atoms with Crippen LogP contribution in [0.3, 0.4) is 0 Å². The second-order valence-corrected chi connectivity index (χ2v) is 4.94. The number of aromatic nitrogens is 1. The van der Waals surface area contributed by atoms with Crippen LogP contribution in [0.25, 0.3) is 0 Å². The number of carbonyl (C=O) groups excluding carboxylic acids is 1. The number of hydrogen-bond acceptors (Lipinski definition) is 4. The smallest absolute Gasteiger partial charge is 0.273 e. The zero-order valence-corrected chi connectivity index (χ0v) is 10.9. The van der Waals surface area contributed by atoms with E-state index in [9.17, 15) is 4.79 Å². The Hall–Kier alpha value is -1.36. The van der Waals surface area contributed by atoms with Gasteiger partial charge in [0, 0.05) is 6.54 Å². The molecule has 3 N–H and O–H groups in total. The van der Waals surface area contributed by atoms with E-state index in [2.05, 4.69) is 10.3 Å². The predicted molar refractivity (Wildman–Crippen MR) is 65.4 cm³/mol. The number of nitrogens with one attached hydrogen (secondary N) is 1. The molecule has 1 rings (SSSR count). The first-order chi connectivity index (χ1) is 7.91. The lowest BCUT2D eigenvalue weighted by molar-refractivity contribution is 0.0944. The second-order valence-electron chi connectivity index (χ2n) is 4.94. The summed E-state index contributed by atoms with van der Waals surface area (Å²) in [5, 5.41) is 2.78. The Morgan fingerprint density at radius 2 is 2.12 bits per heavy atom. The van der Waals surface area contributed by atoms with E-state index in [1.807, 2.05) is 27.7 Å². The van der Waals surface area contributed by atoms with Crippen molar-refractivity contribution in [1.29, 1.82) is 0 Å². The minimum Gasteiger partial charge on any atom is -0.446 e. The van der Waals surface area contributed by atoms with Gasteiger partial charge in [0.1, 0.15) is 6.26 Å². The first-order valence-corrected chi connectivity index (χ1v) is 5.91. The molecular formula is C12H21N3O2. The van der Waals surface area contributed by atoms with E-state index >= 15 is 0 Å². The van der Waals surface area contributed by atoms with Gasteiger partial charge in [-0.15, -0.1) is 0 Å². The van der Waals surface area contributed by atoms with Crippen molar-refractivity contribution in [3.8, 4) is 0 Å². The van der Waals surface area contributed by atoms with Gasteiger partial charge in [-0.05, 0) is 11.8 Å². The summed E-state index contributed by atoms with van der Waals surface area (Å²) >= 11 is 0. The molecule has 0 bridgehead atoms. The van der Waals surface area contributed by atoms with E-state index in [1.165, 1.54) is 6.26 Å². The van der Waals surface area contributed by atoms with E-state index in [-0.39, 0.29) is 23.6 Å². The van der Waals surface area contributed by atoms with Gasteiger partial charge in [0.25, 0.3) is 5.91 Å². The third-order valence-electron chi connectivity index (χ3n) is 2.43. The fourth-order valence-corrected chi connectivity index (χ4v) is 1.22. The van der Waals surface area contributed by atoms with Gasteiger partial charge in [0.05, 0.1) is 6.04 Å². The maximum absolute atomic E-state index is 11.7. The van der Waals surface area contributed by atoms with Gasteiger partial charge in [-0.25, -0.2) is 4.98 Å². The molecule has 17 heavy (non-hydrogen) atoms. The van der Waals surface area contributed by atoms with Crippen LogP contribution in [0.1, 0.15) is 50.1 Å². The molecular weight excluding hydrogens is 218 g/mol. The molecule has 0 aliphatic rings. The van der Waals surface area contributed by atoms with Crippen LogP contribution in [0, 0.1) is 11.8 Å². The molecule has 1 amide bonds. The number of oxazole rings is 1. The topological polar surface area (TPSA) is 81.2 Å². The van der Waals surface area contributed by atoms with Gasteiger partial charge in [-0.3, -0.25) is 4.79 Å². The van der Waals surface area contributed by atoms with Crippen LogP contribution >= 0.6 is 0 Å². The van der Waals surface area contributed by atoms with Crippen molar-refractivity contribution >= 4 is 5.91 Å². The van der Waals surface area contributed by atoms with Crippen LogP contribution < -0.4 is 11.1 Å². The summed E-state index contributed by atoms with van der Waals surface area (Å²) in [6, 6.07) is -0.276. The normalized spacial score (nSPS) is 13.1. The summed E-state index contributed by atoms with van der Waals surface area (Å²) in [4.78, 5) is 15.8. The average Bonchev–Trinajstić information content (AvgIpc) is 2.73. The van der Waals surface area contributed by atoms with Crippen LogP contribution in [0.5, 0.6) is 0 Å². The van der Waals surface area contributed by atoms with Crippen LogP contribution in [0.15, 0.2) is 10.7 Å². The third kappa shape index (κ3) is 3.85. The quantitative estimate of drug-likeness (QED) is 0.819. The predicted octanol–water partition coefficient (Wildman–Crippen LogP) is 1.72. The maximum atomic E-state index is 11.7. The number of rotatable bonds is 5. The molecule has 1 aromatic heterocycles. The molecule has 5 heteroatoms. The number of hydrogen-bond donors (Lipinski definition) is 2. The molecule has 96 valence electrons. The molecule has 0 saturated heterocycles. The molecule has 0 fully saturated rings. The zero-order valence-electron chi connectivity index (χ0n) is 10.9. The van der Waals surface area contributed by atoms with Gasteiger partial charge >= 0.3 is 0 Å². The molecule has 0 aliphatic carbocycles. The van der Waals surface area contributed by atoms with Crippen molar-refractivity contribution in [3.63, 3.8) is 0 Å². The van der Waals surface area contributed by atoms with Crippen molar-refractivity contribution < 1.29 is 9.21 Å². The highest BCUT2D eigenvalue weighted by Crippen LogP contribution is 2.17. The standard InChI is InChI=1S/C12H21N3O2/c1-7(2)5-14-11(16)9-6-17-12(15-9)10(13)8(3)4/h6-8,10H,5,13H2,1-4H3,(H,14,16). The van der Waals surface area contributed by atoms with Crippen molar-refractivity contribution in [2.75, 3.05) is 6.54 Å². The largest absolute Gasteiger partial charge is 0.446 e. The minimum atomic E-state index is -0.276. The molecule has 0 spiro atoms. The Balaban J connectivity index is 2.64. The summed E-state index contributed by atoms with van der Waals surface area (Å²) in [7, 11) is 0. The Morgan fingerprint density at radius 1 is 1.47 bits per heavy atom. The summed E-state index contributed by atoms with van der Waals surface area (Å²) in [5.41, 5.74) is 6.17. The molecule has 0 radical (unpaired) electrons. The fourth-order valence-electron chi connectivity index (χ4n) is 1.22. The van der Waals surface area contributed by atoms with Crippen molar-refractivity contribution in [1.82, 2.24) is 10.3 Å². The monoisotopic (exact) mass is 239 g/mol. The first kappa shape index (κ1) is 13.7. The molecule has 5 nitrogen and oxygen atoms in total. The average molecular weight is 239 g/mol. The van der Waals surface area contributed by atoms with Crippen molar-refractivity contribution in [2.45, 2.75) is 33.7 Å². The van der Waals surface area contributed by atoms with Gasteiger partial charge in [0.2, 0.25) is 5.89 Å². The van der Waals surface area contributed by atoms with Crippen LogP contribution in [0.4, 0.5) is 0 Å². The fraction of sp³-hybridized carbons (Fsp3) is 0.667. The summed E-state index contributed by atoms with van der Waals surface area (Å²) in [5.74, 6) is 0.822. The Labute approximate surface area is 102 Å². The molecule has 0 aromatic carbocycles. The Bertz CT molecular complexity index is 372. The molecule has 1 heterocycles.